The normalized spacial score (nSPS) is 19.0. The maximum atomic E-state index is 12.6. The zero-order valence-electron chi connectivity index (χ0n) is 12.2. The average Bonchev–Trinajstić information content (AvgIpc) is 2.48. The van der Waals surface area contributed by atoms with Crippen LogP contribution in [0.3, 0.4) is 0 Å². The van der Waals surface area contributed by atoms with E-state index in [0.717, 1.165) is 18.7 Å². The van der Waals surface area contributed by atoms with Crippen molar-refractivity contribution in [2.75, 3.05) is 19.6 Å². The van der Waals surface area contributed by atoms with Gasteiger partial charge < -0.3 is 10.2 Å². The van der Waals surface area contributed by atoms with E-state index in [-0.39, 0.29) is 23.1 Å². The van der Waals surface area contributed by atoms with Crippen molar-refractivity contribution >= 4 is 11.6 Å². The maximum absolute atomic E-state index is 12.6. The fourth-order valence-corrected chi connectivity index (χ4v) is 2.63. The minimum Gasteiger partial charge on any atom is -0.333 e. The van der Waals surface area contributed by atoms with Crippen LogP contribution in [0.25, 0.3) is 5.65 Å². The van der Waals surface area contributed by atoms with Gasteiger partial charge in [-0.2, -0.15) is 0 Å². The molecule has 0 bridgehead atoms. The first kappa shape index (κ1) is 13.8. The van der Waals surface area contributed by atoms with E-state index in [0.29, 0.717) is 12.2 Å². The van der Waals surface area contributed by atoms with Crippen LogP contribution in [0.5, 0.6) is 0 Å². The van der Waals surface area contributed by atoms with Crippen LogP contribution in [0.4, 0.5) is 0 Å². The Kier molecular flexibility index (Phi) is 3.47. The Bertz CT molecular complexity index is 753. The van der Waals surface area contributed by atoms with Crippen LogP contribution in [-0.2, 0) is 0 Å². The molecule has 6 nitrogen and oxygen atoms in total. The number of hydrogen-bond donors (Lipinski definition) is 1. The highest BCUT2D eigenvalue weighted by molar-refractivity contribution is 5.94. The van der Waals surface area contributed by atoms with Gasteiger partial charge in [-0.25, -0.2) is 4.98 Å². The van der Waals surface area contributed by atoms with E-state index < -0.39 is 0 Å². The maximum Gasteiger partial charge on any atom is 0.270 e. The molecule has 1 N–H and O–H groups in total. The second-order valence-electron chi connectivity index (χ2n) is 5.46. The van der Waals surface area contributed by atoms with Gasteiger partial charge in [0.1, 0.15) is 11.2 Å². The number of aryl methyl sites for hydroxylation is 1. The zero-order chi connectivity index (χ0) is 15.0. The van der Waals surface area contributed by atoms with Crippen LogP contribution in [0.1, 0.15) is 22.8 Å². The summed E-state index contributed by atoms with van der Waals surface area (Å²) in [6.45, 7) is 5.97. The number of nitrogens with zero attached hydrogens (tertiary/aromatic N) is 3. The predicted octanol–water partition coefficient (Wildman–Crippen LogP) is 0.437. The summed E-state index contributed by atoms with van der Waals surface area (Å²) in [5.41, 5.74) is 1.33. The number of hydrogen-bond acceptors (Lipinski definition) is 4. The molecule has 21 heavy (non-hydrogen) atoms. The van der Waals surface area contributed by atoms with Gasteiger partial charge in [-0.1, -0.05) is 6.07 Å². The summed E-state index contributed by atoms with van der Waals surface area (Å²) in [5, 5.41) is 3.23. The lowest BCUT2D eigenvalue weighted by Crippen LogP contribution is -2.53. The molecule has 1 fully saturated rings. The smallest absolute Gasteiger partial charge is 0.270 e. The highest BCUT2D eigenvalue weighted by Crippen LogP contribution is 2.08. The van der Waals surface area contributed by atoms with E-state index in [1.54, 1.807) is 17.2 Å². The van der Waals surface area contributed by atoms with E-state index in [4.69, 9.17) is 0 Å². The number of aromatic nitrogens is 2. The van der Waals surface area contributed by atoms with Gasteiger partial charge in [0.15, 0.2) is 0 Å². The Morgan fingerprint density at radius 2 is 2.24 bits per heavy atom. The summed E-state index contributed by atoms with van der Waals surface area (Å²) < 4.78 is 1.44. The number of carbonyl (C=O) groups is 1. The number of piperazine rings is 1. The molecule has 0 saturated carbocycles. The molecule has 6 heteroatoms. The molecular formula is C15H18N4O2. The average molecular weight is 286 g/mol. The molecule has 0 aromatic carbocycles. The molecule has 1 saturated heterocycles. The van der Waals surface area contributed by atoms with E-state index in [2.05, 4.69) is 10.3 Å². The summed E-state index contributed by atoms with van der Waals surface area (Å²) in [6.07, 6.45) is 3.10. The van der Waals surface area contributed by atoms with Crippen molar-refractivity contribution < 1.29 is 4.79 Å². The van der Waals surface area contributed by atoms with E-state index in [1.807, 2.05) is 19.9 Å². The third kappa shape index (κ3) is 2.42. The van der Waals surface area contributed by atoms with Crippen molar-refractivity contribution in [3.8, 4) is 0 Å². The fourth-order valence-electron chi connectivity index (χ4n) is 2.63. The Morgan fingerprint density at radius 1 is 1.43 bits per heavy atom. The summed E-state index contributed by atoms with van der Waals surface area (Å²) in [5.74, 6) is -0.239. The highest BCUT2D eigenvalue weighted by Gasteiger charge is 2.26. The number of carbonyl (C=O) groups excluding carboxylic acids is 1. The number of rotatable bonds is 1. The van der Waals surface area contributed by atoms with E-state index in [9.17, 15) is 9.59 Å². The number of amides is 1. The summed E-state index contributed by atoms with van der Waals surface area (Å²) >= 11 is 0. The first-order valence-corrected chi connectivity index (χ1v) is 7.07. The van der Waals surface area contributed by atoms with Crippen LogP contribution < -0.4 is 10.9 Å². The van der Waals surface area contributed by atoms with Gasteiger partial charge in [0.05, 0.1) is 0 Å². The molecule has 1 aliphatic rings. The van der Waals surface area contributed by atoms with Gasteiger partial charge >= 0.3 is 0 Å². The molecule has 2 aromatic heterocycles. The minimum absolute atomic E-state index is 0.0730. The third-order valence-corrected chi connectivity index (χ3v) is 3.84. The Balaban J connectivity index is 2.06. The molecule has 1 amide bonds. The summed E-state index contributed by atoms with van der Waals surface area (Å²) in [7, 11) is 0. The summed E-state index contributed by atoms with van der Waals surface area (Å²) in [6, 6.07) is 3.74. The van der Waals surface area contributed by atoms with Gasteiger partial charge in [-0.3, -0.25) is 14.0 Å². The summed E-state index contributed by atoms with van der Waals surface area (Å²) in [4.78, 5) is 31.1. The molecule has 0 unspecified atom stereocenters. The van der Waals surface area contributed by atoms with Crippen molar-refractivity contribution in [3.63, 3.8) is 0 Å². The Morgan fingerprint density at radius 3 is 3.00 bits per heavy atom. The number of pyridine rings is 1. The van der Waals surface area contributed by atoms with Gasteiger partial charge in [0.25, 0.3) is 11.5 Å². The van der Waals surface area contributed by atoms with E-state index in [1.165, 1.54) is 10.6 Å². The molecular weight excluding hydrogens is 268 g/mol. The fraction of sp³-hybridized carbons (Fsp3) is 0.400. The Labute approximate surface area is 122 Å². The highest BCUT2D eigenvalue weighted by atomic mass is 16.2. The van der Waals surface area contributed by atoms with Crippen LogP contribution in [-0.4, -0.2) is 45.9 Å². The molecule has 110 valence electrons. The van der Waals surface area contributed by atoms with Crippen molar-refractivity contribution in [1.29, 1.82) is 0 Å². The Hall–Kier alpha value is -2.21. The zero-order valence-corrected chi connectivity index (χ0v) is 12.2. The lowest BCUT2D eigenvalue weighted by molar-refractivity contribution is 0.0653. The predicted molar refractivity (Wildman–Crippen MR) is 79.6 cm³/mol. The van der Waals surface area contributed by atoms with Crippen molar-refractivity contribution in [3.05, 3.63) is 46.0 Å². The van der Waals surface area contributed by atoms with Gasteiger partial charge in [-0.15, -0.1) is 0 Å². The second-order valence-corrected chi connectivity index (χ2v) is 5.46. The number of fused-ring (bicyclic) bond motifs is 1. The molecule has 3 heterocycles. The van der Waals surface area contributed by atoms with E-state index >= 15 is 0 Å². The van der Waals surface area contributed by atoms with Crippen LogP contribution >= 0.6 is 0 Å². The molecule has 0 spiro atoms. The van der Waals surface area contributed by atoms with Crippen LogP contribution in [0.15, 0.2) is 29.3 Å². The molecule has 1 atom stereocenters. The van der Waals surface area contributed by atoms with Crippen molar-refractivity contribution in [1.82, 2.24) is 19.6 Å². The van der Waals surface area contributed by atoms with Crippen LogP contribution in [0, 0.1) is 6.92 Å². The standard InChI is InChI=1S/C15H18N4O2/c1-10-3-4-13-17-8-12(15(21)19(13)9-10)14(20)18-6-5-16-7-11(18)2/h3-4,8-9,11,16H,5-7H2,1-2H3/t11-/m1/s1. The van der Waals surface area contributed by atoms with Crippen molar-refractivity contribution in [2.24, 2.45) is 0 Å². The molecule has 3 rings (SSSR count). The topological polar surface area (TPSA) is 66.7 Å². The van der Waals surface area contributed by atoms with Gasteiger partial charge in [-0.05, 0) is 25.5 Å². The molecule has 1 aliphatic heterocycles. The third-order valence-electron chi connectivity index (χ3n) is 3.84. The molecule has 2 aromatic rings. The largest absolute Gasteiger partial charge is 0.333 e. The lowest BCUT2D eigenvalue weighted by atomic mass is 10.1. The first-order chi connectivity index (χ1) is 10.1. The number of nitrogens with one attached hydrogen (secondary N) is 1. The minimum atomic E-state index is -0.306. The quantitative estimate of drug-likeness (QED) is 0.826. The molecule has 0 radical (unpaired) electrons. The monoisotopic (exact) mass is 286 g/mol. The van der Waals surface area contributed by atoms with Crippen molar-refractivity contribution in [2.45, 2.75) is 19.9 Å². The van der Waals surface area contributed by atoms with Crippen LogP contribution in [0.2, 0.25) is 0 Å². The van der Waals surface area contributed by atoms with Gasteiger partial charge in [0, 0.05) is 38.1 Å². The second kappa shape index (κ2) is 5.29. The lowest BCUT2D eigenvalue weighted by Gasteiger charge is -2.33. The SMILES string of the molecule is Cc1ccc2ncc(C(=O)N3CCNC[C@H]3C)c(=O)n2c1. The van der Waals surface area contributed by atoms with Gasteiger partial charge in [0.2, 0.25) is 0 Å². The molecule has 0 aliphatic carbocycles. The first-order valence-electron chi connectivity index (χ1n) is 7.07.